The molecule has 0 aliphatic carbocycles. The predicted octanol–water partition coefficient (Wildman–Crippen LogP) is 1.91. The summed E-state index contributed by atoms with van der Waals surface area (Å²) < 4.78 is 10.6. The number of amides is 1. The SMILES string of the molecule is CCOC(=O)CCCNC(=O)COC(=O)c1cccc(I)c1. The molecule has 1 N–H and O–H groups in total. The van der Waals surface area contributed by atoms with Crippen LogP contribution in [-0.2, 0) is 19.1 Å². The van der Waals surface area contributed by atoms with Crippen molar-refractivity contribution in [2.45, 2.75) is 19.8 Å². The number of carbonyl (C=O) groups excluding carboxylic acids is 3. The number of hydrogen-bond acceptors (Lipinski definition) is 5. The largest absolute Gasteiger partial charge is 0.466 e. The van der Waals surface area contributed by atoms with Gasteiger partial charge in [0.25, 0.3) is 5.91 Å². The second kappa shape index (κ2) is 10.1. The van der Waals surface area contributed by atoms with Crippen molar-refractivity contribution in [3.05, 3.63) is 33.4 Å². The van der Waals surface area contributed by atoms with E-state index in [1.807, 2.05) is 6.07 Å². The van der Waals surface area contributed by atoms with Crippen LogP contribution in [0.1, 0.15) is 30.1 Å². The average Bonchev–Trinajstić information content (AvgIpc) is 2.49. The molecule has 0 atom stereocenters. The summed E-state index contributed by atoms with van der Waals surface area (Å²) in [6.07, 6.45) is 0.728. The van der Waals surface area contributed by atoms with Gasteiger partial charge < -0.3 is 14.8 Å². The molecular formula is C15H18INO5. The molecule has 0 saturated heterocycles. The highest BCUT2D eigenvalue weighted by molar-refractivity contribution is 14.1. The third-order valence-electron chi connectivity index (χ3n) is 2.58. The molecule has 120 valence electrons. The smallest absolute Gasteiger partial charge is 0.338 e. The zero-order chi connectivity index (χ0) is 16.4. The molecule has 7 heteroatoms. The third kappa shape index (κ3) is 7.39. The maximum atomic E-state index is 11.7. The summed E-state index contributed by atoms with van der Waals surface area (Å²) in [5, 5.41) is 2.57. The molecule has 1 aromatic rings. The molecule has 22 heavy (non-hydrogen) atoms. The number of carbonyl (C=O) groups is 3. The van der Waals surface area contributed by atoms with Crippen LogP contribution in [0.3, 0.4) is 0 Å². The van der Waals surface area contributed by atoms with Crippen LogP contribution < -0.4 is 5.32 Å². The van der Waals surface area contributed by atoms with Crippen molar-refractivity contribution in [1.82, 2.24) is 5.32 Å². The molecule has 0 aliphatic heterocycles. The lowest BCUT2D eigenvalue weighted by Gasteiger charge is -2.07. The van der Waals surface area contributed by atoms with E-state index in [-0.39, 0.29) is 19.0 Å². The lowest BCUT2D eigenvalue weighted by molar-refractivity contribution is -0.143. The minimum Gasteiger partial charge on any atom is -0.466 e. The molecule has 0 aliphatic rings. The number of rotatable bonds is 8. The summed E-state index contributed by atoms with van der Waals surface area (Å²) in [7, 11) is 0. The lowest BCUT2D eigenvalue weighted by Crippen LogP contribution is -2.30. The number of ether oxygens (including phenoxy) is 2. The van der Waals surface area contributed by atoms with Gasteiger partial charge in [-0.15, -0.1) is 0 Å². The number of halogens is 1. The van der Waals surface area contributed by atoms with E-state index in [9.17, 15) is 14.4 Å². The predicted molar refractivity (Wildman–Crippen MR) is 88.3 cm³/mol. The molecule has 1 rings (SSSR count). The maximum Gasteiger partial charge on any atom is 0.338 e. The Hall–Kier alpha value is -1.64. The highest BCUT2D eigenvalue weighted by Crippen LogP contribution is 2.08. The van der Waals surface area contributed by atoms with Gasteiger partial charge in [0.2, 0.25) is 0 Å². The van der Waals surface area contributed by atoms with Crippen molar-refractivity contribution in [1.29, 1.82) is 0 Å². The van der Waals surface area contributed by atoms with Crippen molar-refractivity contribution in [3.63, 3.8) is 0 Å². The van der Waals surface area contributed by atoms with Gasteiger partial charge in [-0.2, -0.15) is 0 Å². The first-order valence-corrected chi connectivity index (χ1v) is 7.95. The van der Waals surface area contributed by atoms with Crippen LogP contribution in [0.25, 0.3) is 0 Å². The summed E-state index contributed by atoms with van der Waals surface area (Å²) >= 11 is 2.09. The Morgan fingerprint density at radius 3 is 2.68 bits per heavy atom. The Morgan fingerprint density at radius 1 is 1.23 bits per heavy atom. The van der Waals surface area contributed by atoms with E-state index in [4.69, 9.17) is 9.47 Å². The number of hydrogen-bond donors (Lipinski definition) is 1. The molecule has 1 amide bonds. The number of esters is 2. The molecule has 0 spiro atoms. The van der Waals surface area contributed by atoms with E-state index in [0.717, 1.165) is 3.57 Å². The second-order valence-electron chi connectivity index (χ2n) is 4.35. The normalized spacial score (nSPS) is 9.91. The van der Waals surface area contributed by atoms with E-state index >= 15 is 0 Å². The van der Waals surface area contributed by atoms with E-state index in [0.29, 0.717) is 25.1 Å². The topological polar surface area (TPSA) is 81.7 Å². The second-order valence-corrected chi connectivity index (χ2v) is 5.59. The fraction of sp³-hybridized carbons (Fsp3) is 0.400. The van der Waals surface area contributed by atoms with E-state index in [1.54, 1.807) is 25.1 Å². The fourth-order valence-corrected chi connectivity index (χ4v) is 2.12. The van der Waals surface area contributed by atoms with Crippen LogP contribution in [0.5, 0.6) is 0 Å². The highest BCUT2D eigenvalue weighted by Gasteiger charge is 2.10. The monoisotopic (exact) mass is 419 g/mol. The minimum atomic E-state index is -0.541. The van der Waals surface area contributed by atoms with Gasteiger partial charge in [-0.25, -0.2) is 4.79 Å². The summed E-state index contributed by atoms with van der Waals surface area (Å²) in [5.74, 6) is -1.23. The molecule has 1 aromatic carbocycles. The molecular weight excluding hydrogens is 401 g/mol. The van der Waals surface area contributed by atoms with Gasteiger partial charge in [-0.1, -0.05) is 6.07 Å². The van der Waals surface area contributed by atoms with Crippen LogP contribution in [0, 0.1) is 3.57 Å². The van der Waals surface area contributed by atoms with E-state index < -0.39 is 11.9 Å². The summed E-state index contributed by atoms with van der Waals surface area (Å²) in [6.45, 7) is 2.07. The van der Waals surface area contributed by atoms with Crippen molar-refractivity contribution in [2.24, 2.45) is 0 Å². The molecule has 0 saturated carbocycles. The third-order valence-corrected chi connectivity index (χ3v) is 3.25. The van der Waals surface area contributed by atoms with Gasteiger partial charge in [0, 0.05) is 16.5 Å². The van der Waals surface area contributed by atoms with Crippen LogP contribution >= 0.6 is 22.6 Å². The van der Waals surface area contributed by atoms with Gasteiger partial charge in [0.1, 0.15) is 0 Å². The van der Waals surface area contributed by atoms with Crippen LogP contribution in [-0.4, -0.2) is 37.6 Å². The number of nitrogens with one attached hydrogen (secondary N) is 1. The lowest BCUT2D eigenvalue weighted by atomic mass is 10.2. The van der Waals surface area contributed by atoms with Crippen molar-refractivity contribution in [2.75, 3.05) is 19.8 Å². The van der Waals surface area contributed by atoms with Crippen LogP contribution in [0.2, 0.25) is 0 Å². The minimum absolute atomic E-state index is 0.246. The maximum absolute atomic E-state index is 11.7. The Bertz CT molecular complexity index is 532. The highest BCUT2D eigenvalue weighted by atomic mass is 127. The first kappa shape index (κ1) is 18.4. The van der Waals surface area contributed by atoms with Crippen molar-refractivity contribution < 1.29 is 23.9 Å². The number of benzene rings is 1. The molecule has 0 heterocycles. The van der Waals surface area contributed by atoms with Gasteiger partial charge in [0.05, 0.1) is 12.2 Å². The Kier molecular flexibility index (Phi) is 8.49. The Morgan fingerprint density at radius 2 is 2.00 bits per heavy atom. The molecule has 6 nitrogen and oxygen atoms in total. The Labute approximate surface area is 142 Å². The van der Waals surface area contributed by atoms with Crippen LogP contribution in [0.4, 0.5) is 0 Å². The summed E-state index contributed by atoms with van der Waals surface area (Å²) in [4.78, 5) is 34.3. The first-order chi connectivity index (χ1) is 10.5. The molecule has 0 unspecified atom stereocenters. The molecule has 0 aromatic heterocycles. The van der Waals surface area contributed by atoms with Gasteiger partial charge in [-0.3, -0.25) is 9.59 Å². The van der Waals surface area contributed by atoms with Crippen molar-refractivity contribution >= 4 is 40.4 Å². The zero-order valence-electron chi connectivity index (χ0n) is 12.3. The van der Waals surface area contributed by atoms with E-state index in [2.05, 4.69) is 27.9 Å². The fourth-order valence-electron chi connectivity index (χ4n) is 1.57. The van der Waals surface area contributed by atoms with Crippen molar-refractivity contribution in [3.8, 4) is 0 Å². The molecule has 0 bridgehead atoms. The summed E-state index contributed by atoms with van der Waals surface area (Å²) in [6, 6.07) is 6.91. The first-order valence-electron chi connectivity index (χ1n) is 6.88. The van der Waals surface area contributed by atoms with Gasteiger partial charge in [0.15, 0.2) is 6.61 Å². The van der Waals surface area contributed by atoms with Gasteiger partial charge in [-0.05, 0) is 54.1 Å². The standard InChI is InChI=1S/C15H18INO5/c1-2-21-14(19)7-4-8-17-13(18)10-22-15(20)11-5-3-6-12(16)9-11/h3,5-6,9H,2,4,7-8,10H2,1H3,(H,17,18). The zero-order valence-corrected chi connectivity index (χ0v) is 14.4. The summed E-state index contributed by atoms with van der Waals surface area (Å²) in [5.41, 5.74) is 0.405. The average molecular weight is 419 g/mol. The quantitative estimate of drug-likeness (QED) is 0.396. The Balaban J connectivity index is 2.20. The molecule has 0 radical (unpaired) electrons. The molecule has 0 fully saturated rings. The van der Waals surface area contributed by atoms with E-state index in [1.165, 1.54) is 0 Å². The van der Waals surface area contributed by atoms with Gasteiger partial charge >= 0.3 is 11.9 Å². The van der Waals surface area contributed by atoms with Crippen LogP contribution in [0.15, 0.2) is 24.3 Å².